The van der Waals surface area contributed by atoms with Gasteiger partial charge in [0.1, 0.15) is 0 Å². The van der Waals surface area contributed by atoms with Crippen LogP contribution in [-0.2, 0) is 0 Å². The molecule has 2 aliphatic rings. The fourth-order valence-electron chi connectivity index (χ4n) is 2.83. The Bertz CT molecular complexity index is 421. The SMILES string of the molecule is Cc1cn(C2CCN(C)C(C)C2)c(NC2CC2)n1. The lowest BCUT2D eigenvalue weighted by atomic mass is 9.99. The minimum atomic E-state index is 0.610. The quantitative estimate of drug-likeness (QED) is 0.892. The first kappa shape index (κ1) is 12.0. The summed E-state index contributed by atoms with van der Waals surface area (Å²) in [4.78, 5) is 7.10. The third kappa shape index (κ3) is 2.39. The zero-order chi connectivity index (χ0) is 12.7. The summed E-state index contributed by atoms with van der Waals surface area (Å²) in [5.41, 5.74) is 1.13. The van der Waals surface area contributed by atoms with Gasteiger partial charge in [0.05, 0.1) is 5.69 Å². The first-order valence-corrected chi connectivity index (χ1v) is 7.15. The van der Waals surface area contributed by atoms with Crippen LogP contribution in [0.1, 0.15) is 44.3 Å². The number of rotatable bonds is 3. The third-order valence-corrected chi connectivity index (χ3v) is 4.34. The lowest BCUT2D eigenvalue weighted by Gasteiger charge is -2.36. The standard InChI is InChI=1S/C14H24N4/c1-10-9-18(14(15-10)16-12-4-5-12)13-6-7-17(3)11(2)8-13/h9,11-13H,4-8H2,1-3H3,(H,15,16). The van der Waals surface area contributed by atoms with E-state index >= 15 is 0 Å². The van der Waals surface area contributed by atoms with E-state index in [-0.39, 0.29) is 0 Å². The molecule has 1 aromatic heterocycles. The van der Waals surface area contributed by atoms with Crippen LogP contribution in [0.5, 0.6) is 0 Å². The molecule has 18 heavy (non-hydrogen) atoms. The number of anilines is 1. The second-order valence-electron chi connectivity index (χ2n) is 6.04. The Hall–Kier alpha value is -1.03. The predicted octanol–water partition coefficient (Wildman–Crippen LogP) is 2.42. The molecule has 2 fully saturated rings. The molecule has 4 nitrogen and oxygen atoms in total. The maximum atomic E-state index is 4.65. The first-order valence-electron chi connectivity index (χ1n) is 7.15. The Balaban J connectivity index is 1.77. The number of aryl methyl sites for hydroxylation is 1. The van der Waals surface area contributed by atoms with Crippen LogP contribution in [0.2, 0.25) is 0 Å². The predicted molar refractivity (Wildman–Crippen MR) is 74.0 cm³/mol. The van der Waals surface area contributed by atoms with Gasteiger partial charge in [-0.2, -0.15) is 0 Å². The maximum absolute atomic E-state index is 4.65. The van der Waals surface area contributed by atoms with E-state index in [2.05, 4.69) is 46.9 Å². The van der Waals surface area contributed by atoms with Gasteiger partial charge < -0.3 is 14.8 Å². The van der Waals surface area contributed by atoms with Crippen molar-refractivity contribution in [2.24, 2.45) is 0 Å². The van der Waals surface area contributed by atoms with Gasteiger partial charge >= 0.3 is 0 Å². The van der Waals surface area contributed by atoms with Crippen LogP contribution >= 0.6 is 0 Å². The molecule has 0 amide bonds. The van der Waals surface area contributed by atoms with Crippen molar-refractivity contribution >= 4 is 5.95 Å². The third-order valence-electron chi connectivity index (χ3n) is 4.34. The largest absolute Gasteiger partial charge is 0.353 e. The number of hydrogen-bond donors (Lipinski definition) is 1. The summed E-state index contributed by atoms with van der Waals surface area (Å²) in [7, 11) is 2.23. The van der Waals surface area contributed by atoms with E-state index in [1.165, 1.54) is 32.2 Å². The van der Waals surface area contributed by atoms with Gasteiger partial charge in [0.2, 0.25) is 5.95 Å². The number of hydrogen-bond acceptors (Lipinski definition) is 3. The van der Waals surface area contributed by atoms with Crippen LogP contribution in [0.25, 0.3) is 0 Å². The Labute approximate surface area is 109 Å². The Morgan fingerprint density at radius 3 is 2.78 bits per heavy atom. The molecule has 1 saturated carbocycles. The summed E-state index contributed by atoms with van der Waals surface area (Å²) in [6.07, 6.45) is 7.28. The monoisotopic (exact) mass is 248 g/mol. The smallest absolute Gasteiger partial charge is 0.203 e. The molecule has 1 aliphatic carbocycles. The summed E-state index contributed by atoms with van der Waals surface area (Å²) in [6, 6.07) is 1.95. The highest BCUT2D eigenvalue weighted by molar-refractivity contribution is 5.33. The van der Waals surface area contributed by atoms with E-state index in [4.69, 9.17) is 0 Å². The summed E-state index contributed by atoms with van der Waals surface area (Å²) in [5, 5.41) is 3.57. The number of imidazole rings is 1. The molecule has 2 atom stereocenters. The number of aromatic nitrogens is 2. The zero-order valence-corrected chi connectivity index (χ0v) is 11.7. The second kappa shape index (κ2) is 4.57. The van der Waals surface area contributed by atoms with Crippen molar-refractivity contribution in [3.8, 4) is 0 Å². The van der Waals surface area contributed by atoms with Crippen molar-refractivity contribution < 1.29 is 0 Å². The number of piperidine rings is 1. The lowest BCUT2D eigenvalue weighted by molar-refractivity contribution is 0.157. The topological polar surface area (TPSA) is 33.1 Å². The first-order chi connectivity index (χ1) is 8.63. The molecule has 1 aromatic rings. The van der Waals surface area contributed by atoms with E-state index in [1.807, 2.05) is 0 Å². The van der Waals surface area contributed by atoms with Crippen LogP contribution in [0.3, 0.4) is 0 Å². The van der Waals surface area contributed by atoms with Gasteiger partial charge in [-0.15, -0.1) is 0 Å². The molecule has 1 aliphatic heterocycles. The molecule has 3 rings (SSSR count). The van der Waals surface area contributed by atoms with Gasteiger partial charge in [-0.3, -0.25) is 0 Å². The molecule has 1 N–H and O–H groups in total. The van der Waals surface area contributed by atoms with Crippen molar-refractivity contribution in [3.05, 3.63) is 11.9 Å². The van der Waals surface area contributed by atoms with E-state index < -0.39 is 0 Å². The minimum Gasteiger partial charge on any atom is -0.353 e. The van der Waals surface area contributed by atoms with Gasteiger partial charge in [0, 0.05) is 30.9 Å². The second-order valence-corrected chi connectivity index (χ2v) is 6.04. The Kier molecular flexibility index (Phi) is 3.06. The highest BCUT2D eigenvalue weighted by Gasteiger charge is 2.28. The van der Waals surface area contributed by atoms with Gasteiger partial charge in [-0.1, -0.05) is 0 Å². The van der Waals surface area contributed by atoms with Crippen molar-refractivity contribution in [3.63, 3.8) is 0 Å². The Morgan fingerprint density at radius 2 is 2.11 bits per heavy atom. The summed E-state index contributed by atoms with van der Waals surface area (Å²) < 4.78 is 2.39. The van der Waals surface area contributed by atoms with Crippen LogP contribution in [-0.4, -0.2) is 40.1 Å². The summed E-state index contributed by atoms with van der Waals surface area (Å²) >= 11 is 0. The van der Waals surface area contributed by atoms with Crippen molar-refractivity contribution in [2.45, 2.75) is 57.7 Å². The average Bonchev–Trinajstić information content (AvgIpc) is 3.06. The highest BCUT2D eigenvalue weighted by atomic mass is 15.3. The highest BCUT2D eigenvalue weighted by Crippen LogP contribution is 2.31. The van der Waals surface area contributed by atoms with Gasteiger partial charge in [-0.25, -0.2) is 4.98 Å². The number of nitrogens with one attached hydrogen (secondary N) is 1. The van der Waals surface area contributed by atoms with Gasteiger partial charge in [-0.05, 0) is 46.6 Å². The molecule has 0 radical (unpaired) electrons. The van der Waals surface area contributed by atoms with Gasteiger partial charge in [0.25, 0.3) is 0 Å². The fourth-order valence-corrected chi connectivity index (χ4v) is 2.83. The number of nitrogens with zero attached hydrogens (tertiary/aromatic N) is 3. The van der Waals surface area contributed by atoms with Crippen LogP contribution in [0.4, 0.5) is 5.95 Å². The van der Waals surface area contributed by atoms with E-state index in [9.17, 15) is 0 Å². The minimum absolute atomic E-state index is 0.610. The van der Waals surface area contributed by atoms with E-state index in [0.29, 0.717) is 18.1 Å². The van der Waals surface area contributed by atoms with E-state index in [0.717, 1.165) is 11.6 Å². The molecule has 0 aromatic carbocycles. The zero-order valence-electron chi connectivity index (χ0n) is 11.7. The summed E-state index contributed by atoms with van der Waals surface area (Å²) in [6.45, 7) is 5.60. The van der Waals surface area contributed by atoms with Crippen molar-refractivity contribution in [2.75, 3.05) is 18.9 Å². The molecular formula is C14H24N4. The molecule has 100 valence electrons. The van der Waals surface area contributed by atoms with Crippen molar-refractivity contribution in [1.82, 2.24) is 14.5 Å². The summed E-state index contributed by atoms with van der Waals surface area (Å²) in [5.74, 6) is 1.09. The fraction of sp³-hybridized carbons (Fsp3) is 0.786. The normalized spacial score (nSPS) is 29.5. The molecule has 1 saturated heterocycles. The number of likely N-dealkylation sites (tertiary alicyclic amines) is 1. The van der Waals surface area contributed by atoms with E-state index in [1.54, 1.807) is 0 Å². The van der Waals surface area contributed by atoms with Crippen LogP contribution in [0, 0.1) is 6.92 Å². The molecule has 4 heteroatoms. The Morgan fingerprint density at radius 1 is 1.33 bits per heavy atom. The van der Waals surface area contributed by atoms with Crippen LogP contribution < -0.4 is 5.32 Å². The molecular weight excluding hydrogens is 224 g/mol. The van der Waals surface area contributed by atoms with Crippen molar-refractivity contribution in [1.29, 1.82) is 0 Å². The molecule has 0 spiro atoms. The van der Waals surface area contributed by atoms with Gasteiger partial charge in [0.15, 0.2) is 0 Å². The molecule has 2 unspecified atom stereocenters. The lowest BCUT2D eigenvalue weighted by Crippen LogP contribution is -2.38. The maximum Gasteiger partial charge on any atom is 0.203 e. The molecule has 0 bridgehead atoms. The van der Waals surface area contributed by atoms with Crippen LogP contribution in [0.15, 0.2) is 6.20 Å². The molecule has 2 heterocycles. The average molecular weight is 248 g/mol.